The number of carbonyl (C=O) groups excluding carboxylic acids is 3. The van der Waals surface area contributed by atoms with Crippen molar-refractivity contribution in [1.82, 2.24) is 15.3 Å². The number of ether oxygens (including phenoxy) is 1. The molecule has 0 aliphatic carbocycles. The number of nitrogens with one attached hydrogen (secondary N) is 2. The fourth-order valence-corrected chi connectivity index (χ4v) is 5.02. The number of fused-ring (bicyclic) bond motifs is 1. The Morgan fingerprint density at radius 1 is 1.12 bits per heavy atom. The molecule has 0 spiro atoms. The maximum Gasteiger partial charge on any atom is 0.309 e. The number of nitrogens with zero attached hydrogens (tertiary/aromatic N) is 3. The SMILES string of the molecule is CNC(=O)c1ccc(NC(=O)COC(=O)C2CCN(c3ncnc4sc(C)c(C)c34)CC2)cc1. The Labute approximate surface area is 201 Å². The van der Waals surface area contributed by atoms with E-state index in [0.29, 0.717) is 37.2 Å². The Balaban J connectivity index is 1.27. The molecular weight excluding hydrogens is 454 g/mol. The Bertz CT molecular complexity index is 1220. The summed E-state index contributed by atoms with van der Waals surface area (Å²) in [6.45, 7) is 5.20. The van der Waals surface area contributed by atoms with Gasteiger partial charge < -0.3 is 20.3 Å². The van der Waals surface area contributed by atoms with Crippen LogP contribution in [-0.4, -0.2) is 54.5 Å². The lowest BCUT2D eigenvalue weighted by Crippen LogP contribution is -2.38. The molecule has 9 nitrogen and oxygen atoms in total. The van der Waals surface area contributed by atoms with Gasteiger partial charge in [-0.1, -0.05) is 0 Å². The average Bonchev–Trinajstić information content (AvgIpc) is 3.16. The van der Waals surface area contributed by atoms with Crippen molar-refractivity contribution < 1.29 is 19.1 Å². The molecule has 3 aromatic rings. The van der Waals surface area contributed by atoms with Crippen LogP contribution in [-0.2, 0) is 14.3 Å². The highest BCUT2D eigenvalue weighted by atomic mass is 32.1. The number of piperidine rings is 1. The molecule has 1 aliphatic rings. The number of carbonyl (C=O) groups is 3. The molecule has 178 valence electrons. The van der Waals surface area contributed by atoms with E-state index in [9.17, 15) is 14.4 Å². The van der Waals surface area contributed by atoms with Crippen LogP contribution < -0.4 is 15.5 Å². The van der Waals surface area contributed by atoms with E-state index in [4.69, 9.17) is 4.74 Å². The molecule has 1 saturated heterocycles. The number of esters is 1. The second-order valence-corrected chi connectivity index (χ2v) is 9.44. The molecule has 10 heteroatoms. The van der Waals surface area contributed by atoms with E-state index in [2.05, 4.69) is 39.3 Å². The van der Waals surface area contributed by atoms with Gasteiger partial charge in [0.15, 0.2) is 6.61 Å². The van der Waals surface area contributed by atoms with Gasteiger partial charge in [0.1, 0.15) is 17.0 Å². The van der Waals surface area contributed by atoms with Crippen molar-refractivity contribution in [3.05, 3.63) is 46.6 Å². The van der Waals surface area contributed by atoms with E-state index >= 15 is 0 Å². The lowest BCUT2D eigenvalue weighted by molar-refractivity contribution is -0.152. The molecule has 34 heavy (non-hydrogen) atoms. The molecule has 3 heterocycles. The number of hydrogen-bond donors (Lipinski definition) is 2. The molecular formula is C24H27N5O4S. The van der Waals surface area contributed by atoms with E-state index in [1.54, 1.807) is 49.0 Å². The van der Waals surface area contributed by atoms with Gasteiger partial charge in [-0.3, -0.25) is 14.4 Å². The number of thiophene rings is 1. The smallest absolute Gasteiger partial charge is 0.309 e. The Morgan fingerprint density at radius 2 is 1.82 bits per heavy atom. The number of amides is 2. The minimum Gasteiger partial charge on any atom is -0.455 e. The number of benzene rings is 1. The normalized spacial score (nSPS) is 14.1. The van der Waals surface area contributed by atoms with E-state index < -0.39 is 5.91 Å². The predicted molar refractivity (Wildman–Crippen MR) is 131 cm³/mol. The van der Waals surface area contributed by atoms with Crippen LogP contribution in [0.15, 0.2) is 30.6 Å². The van der Waals surface area contributed by atoms with Crippen LogP contribution in [0.3, 0.4) is 0 Å². The van der Waals surface area contributed by atoms with Gasteiger partial charge in [0.25, 0.3) is 11.8 Å². The first-order chi connectivity index (χ1) is 16.4. The van der Waals surface area contributed by atoms with Crippen molar-refractivity contribution in [1.29, 1.82) is 0 Å². The topological polar surface area (TPSA) is 114 Å². The van der Waals surface area contributed by atoms with Crippen molar-refractivity contribution >= 4 is 50.8 Å². The van der Waals surface area contributed by atoms with Crippen molar-refractivity contribution in [2.75, 3.05) is 37.0 Å². The van der Waals surface area contributed by atoms with Gasteiger partial charge in [0, 0.05) is 36.3 Å². The monoisotopic (exact) mass is 481 g/mol. The van der Waals surface area contributed by atoms with E-state index in [-0.39, 0.29) is 24.4 Å². The molecule has 1 aliphatic heterocycles. The fraction of sp³-hybridized carbons (Fsp3) is 0.375. The van der Waals surface area contributed by atoms with E-state index in [1.807, 2.05) is 0 Å². The third-order valence-corrected chi connectivity index (χ3v) is 7.19. The first-order valence-corrected chi connectivity index (χ1v) is 11.9. The minimum absolute atomic E-state index is 0.206. The summed E-state index contributed by atoms with van der Waals surface area (Å²) < 4.78 is 5.27. The van der Waals surface area contributed by atoms with Crippen LogP contribution in [0, 0.1) is 19.8 Å². The zero-order chi connectivity index (χ0) is 24.2. The zero-order valence-corrected chi connectivity index (χ0v) is 20.2. The summed E-state index contributed by atoms with van der Waals surface area (Å²) in [7, 11) is 1.55. The van der Waals surface area contributed by atoms with E-state index in [0.717, 1.165) is 16.0 Å². The number of anilines is 2. The molecule has 1 aromatic carbocycles. The maximum atomic E-state index is 12.5. The second-order valence-electron chi connectivity index (χ2n) is 8.23. The van der Waals surface area contributed by atoms with Gasteiger partial charge in [-0.25, -0.2) is 9.97 Å². The molecule has 2 aromatic heterocycles. The van der Waals surface area contributed by atoms with Crippen LogP contribution in [0.25, 0.3) is 10.2 Å². The van der Waals surface area contributed by atoms with Crippen molar-refractivity contribution in [2.24, 2.45) is 5.92 Å². The summed E-state index contributed by atoms with van der Waals surface area (Å²) in [6.07, 6.45) is 2.86. The third kappa shape index (κ3) is 5.01. The number of aromatic nitrogens is 2. The van der Waals surface area contributed by atoms with Gasteiger partial charge in [-0.15, -0.1) is 11.3 Å². The quantitative estimate of drug-likeness (QED) is 0.520. The Morgan fingerprint density at radius 3 is 2.50 bits per heavy atom. The van der Waals surface area contributed by atoms with Crippen LogP contribution in [0.4, 0.5) is 11.5 Å². The first kappa shape index (κ1) is 23.6. The fourth-order valence-electron chi connectivity index (χ4n) is 4.03. The number of rotatable bonds is 6. The molecule has 2 N–H and O–H groups in total. The molecule has 0 radical (unpaired) electrons. The lowest BCUT2D eigenvalue weighted by atomic mass is 9.97. The van der Waals surface area contributed by atoms with Crippen molar-refractivity contribution in [3.63, 3.8) is 0 Å². The van der Waals surface area contributed by atoms with Crippen molar-refractivity contribution in [3.8, 4) is 0 Å². The zero-order valence-electron chi connectivity index (χ0n) is 19.4. The van der Waals surface area contributed by atoms with Crippen LogP contribution in [0.2, 0.25) is 0 Å². The molecule has 4 rings (SSSR count). The minimum atomic E-state index is -0.426. The van der Waals surface area contributed by atoms with Gasteiger partial charge in [0.2, 0.25) is 0 Å². The average molecular weight is 482 g/mol. The number of hydrogen-bond acceptors (Lipinski definition) is 8. The van der Waals surface area contributed by atoms with Gasteiger partial charge >= 0.3 is 5.97 Å². The van der Waals surface area contributed by atoms with Crippen LogP contribution in [0.5, 0.6) is 0 Å². The Hall–Kier alpha value is -3.53. The highest BCUT2D eigenvalue weighted by Gasteiger charge is 2.28. The first-order valence-electron chi connectivity index (χ1n) is 11.1. The van der Waals surface area contributed by atoms with Crippen molar-refractivity contribution in [2.45, 2.75) is 26.7 Å². The largest absolute Gasteiger partial charge is 0.455 e. The predicted octanol–water partition coefficient (Wildman–Crippen LogP) is 3.07. The molecule has 0 unspecified atom stereocenters. The molecule has 0 saturated carbocycles. The summed E-state index contributed by atoms with van der Waals surface area (Å²) >= 11 is 1.67. The summed E-state index contributed by atoms with van der Waals surface area (Å²) in [5.41, 5.74) is 2.22. The Kier molecular flexibility index (Phi) is 7.06. The van der Waals surface area contributed by atoms with Crippen LogP contribution in [0.1, 0.15) is 33.6 Å². The van der Waals surface area contributed by atoms with Crippen LogP contribution >= 0.6 is 11.3 Å². The lowest BCUT2D eigenvalue weighted by Gasteiger charge is -2.32. The standard InChI is InChI=1S/C24H27N5O4S/c1-14-15(2)34-23-20(14)21(26-13-27-23)29-10-8-17(9-11-29)24(32)33-12-19(30)28-18-6-4-16(5-7-18)22(31)25-3/h4-7,13,17H,8-12H2,1-3H3,(H,25,31)(H,28,30). The molecule has 0 atom stereocenters. The molecule has 2 amide bonds. The summed E-state index contributed by atoms with van der Waals surface area (Å²) in [6, 6.07) is 6.47. The molecule has 1 fully saturated rings. The summed E-state index contributed by atoms with van der Waals surface area (Å²) in [5, 5.41) is 6.29. The van der Waals surface area contributed by atoms with Gasteiger partial charge in [0.05, 0.1) is 11.3 Å². The third-order valence-electron chi connectivity index (χ3n) is 6.08. The highest BCUT2D eigenvalue weighted by Crippen LogP contribution is 2.35. The number of aryl methyl sites for hydroxylation is 2. The van der Waals surface area contributed by atoms with Gasteiger partial charge in [-0.2, -0.15) is 0 Å². The summed E-state index contributed by atoms with van der Waals surface area (Å²) in [4.78, 5) is 49.6. The molecule has 0 bridgehead atoms. The van der Waals surface area contributed by atoms with E-state index in [1.165, 1.54) is 10.4 Å². The summed E-state index contributed by atoms with van der Waals surface area (Å²) in [5.74, 6) is -0.327. The maximum absolute atomic E-state index is 12.5. The van der Waals surface area contributed by atoms with Gasteiger partial charge in [-0.05, 0) is 56.5 Å². The highest BCUT2D eigenvalue weighted by molar-refractivity contribution is 7.18. The second kappa shape index (κ2) is 10.2.